The third kappa shape index (κ3) is 3.80. The number of likely N-dealkylation sites (tertiary alicyclic amines) is 1. The lowest BCUT2D eigenvalue weighted by atomic mass is 9.85. The van der Waals surface area contributed by atoms with E-state index in [-0.39, 0.29) is 0 Å². The summed E-state index contributed by atoms with van der Waals surface area (Å²) in [5.74, 6) is 1.85. The van der Waals surface area contributed by atoms with E-state index in [9.17, 15) is 4.79 Å². The number of nitrogens with one attached hydrogen (secondary N) is 1. The Labute approximate surface area is 106 Å². The number of hydrogen-bond donors (Lipinski definition) is 1. The van der Waals surface area contributed by atoms with E-state index < -0.39 is 0 Å². The smallest absolute Gasteiger partial charge is 0.189 e. The van der Waals surface area contributed by atoms with Crippen LogP contribution in [0.4, 0.5) is 0 Å². The second-order valence-corrected chi connectivity index (χ2v) is 6.10. The van der Waals surface area contributed by atoms with Crippen molar-refractivity contribution >= 4 is 5.78 Å². The molecule has 17 heavy (non-hydrogen) atoms. The predicted molar refractivity (Wildman–Crippen MR) is 70.2 cm³/mol. The monoisotopic (exact) mass is 238 g/mol. The van der Waals surface area contributed by atoms with Crippen molar-refractivity contribution in [1.82, 2.24) is 0 Å². The number of ketones is 1. The first-order valence-electron chi connectivity index (χ1n) is 7.66. The molecule has 0 bridgehead atoms. The van der Waals surface area contributed by atoms with Crippen molar-refractivity contribution in [2.45, 2.75) is 58.3 Å². The fourth-order valence-corrected chi connectivity index (χ4v) is 3.58. The highest BCUT2D eigenvalue weighted by molar-refractivity contribution is 5.81. The lowest BCUT2D eigenvalue weighted by Gasteiger charge is -2.30. The van der Waals surface area contributed by atoms with Crippen LogP contribution in [0.5, 0.6) is 0 Å². The lowest BCUT2D eigenvalue weighted by Crippen LogP contribution is -3.14. The summed E-state index contributed by atoms with van der Waals surface area (Å²) in [4.78, 5) is 13.8. The molecule has 0 radical (unpaired) electrons. The highest BCUT2D eigenvalue weighted by atomic mass is 16.1. The van der Waals surface area contributed by atoms with Crippen LogP contribution >= 0.6 is 0 Å². The molecule has 1 aliphatic carbocycles. The third-order valence-corrected chi connectivity index (χ3v) is 4.78. The van der Waals surface area contributed by atoms with Crippen LogP contribution < -0.4 is 4.90 Å². The average molecular weight is 238 g/mol. The minimum Gasteiger partial charge on any atom is -0.329 e. The van der Waals surface area contributed by atoms with Gasteiger partial charge in [-0.2, -0.15) is 0 Å². The van der Waals surface area contributed by atoms with Crippen molar-refractivity contribution in [3.63, 3.8) is 0 Å². The highest BCUT2D eigenvalue weighted by Gasteiger charge is 2.28. The van der Waals surface area contributed by atoms with E-state index in [2.05, 4.69) is 6.92 Å². The molecule has 2 heteroatoms. The molecule has 1 N–H and O–H groups in total. The molecule has 2 unspecified atom stereocenters. The predicted octanol–water partition coefficient (Wildman–Crippen LogP) is 1.84. The van der Waals surface area contributed by atoms with Crippen LogP contribution in [-0.2, 0) is 4.79 Å². The summed E-state index contributed by atoms with van der Waals surface area (Å²) in [5.41, 5.74) is 0. The van der Waals surface area contributed by atoms with Crippen LogP contribution in [0.3, 0.4) is 0 Å². The van der Waals surface area contributed by atoms with Crippen molar-refractivity contribution < 1.29 is 9.69 Å². The number of piperidine rings is 1. The number of rotatable bonds is 4. The van der Waals surface area contributed by atoms with Crippen LogP contribution in [0.1, 0.15) is 58.3 Å². The summed E-state index contributed by atoms with van der Waals surface area (Å²) in [6, 6.07) is 0. The van der Waals surface area contributed by atoms with Gasteiger partial charge in [0.2, 0.25) is 0 Å². The summed E-state index contributed by atoms with van der Waals surface area (Å²) >= 11 is 0. The van der Waals surface area contributed by atoms with Crippen LogP contribution in [0.25, 0.3) is 0 Å². The second-order valence-electron chi connectivity index (χ2n) is 6.10. The molecule has 2 fully saturated rings. The van der Waals surface area contributed by atoms with Gasteiger partial charge >= 0.3 is 0 Å². The van der Waals surface area contributed by atoms with Crippen molar-refractivity contribution in [3.8, 4) is 0 Å². The topological polar surface area (TPSA) is 21.5 Å². The molecular formula is C15H28NO+. The number of Topliss-reactive ketones (excluding diaryl/α,β-unsaturated/α-hetero) is 1. The quantitative estimate of drug-likeness (QED) is 0.793. The Morgan fingerprint density at radius 1 is 1.12 bits per heavy atom. The van der Waals surface area contributed by atoms with Gasteiger partial charge in [0.1, 0.15) is 6.54 Å². The SMILES string of the molecule is CCC1CCC[NH+](CC(=O)C2CCCCC2)C1. The number of carbonyl (C=O) groups excluding carboxylic acids is 1. The summed E-state index contributed by atoms with van der Waals surface area (Å²) in [6.07, 6.45) is 10.3. The Morgan fingerprint density at radius 3 is 2.59 bits per heavy atom. The molecule has 2 nitrogen and oxygen atoms in total. The van der Waals surface area contributed by atoms with E-state index >= 15 is 0 Å². The lowest BCUT2D eigenvalue weighted by molar-refractivity contribution is -0.900. The van der Waals surface area contributed by atoms with E-state index in [1.165, 1.54) is 64.5 Å². The van der Waals surface area contributed by atoms with Gasteiger partial charge in [0.15, 0.2) is 5.78 Å². The normalized spacial score (nSPS) is 31.4. The highest BCUT2D eigenvalue weighted by Crippen LogP contribution is 2.23. The Balaban J connectivity index is 1.77. The molecule has 0 aromatic rings. The summed E-state index contributed by atoms with van der Waals surface area (Å²) in [7, 11) is 0. The van der Waals surface area contributed by atoms with E-state index in [1.807, 2.05) is 0 Å². The van der Waals surface area contributed by atoms with Crippen molar-refractivity contribution in [2.75, 3.05) is 19.6 Å². The molecule has 0 amide bonds. The fraction of sp³-hybridized carbons (Fsp3) is 0.933. The van der Waals surface area contributed by atoms with Gasteiger partial charge in [-0.1, -0.05) is 26.2 Å². The van der Waals surface area contributed by atoms with Gasteiger partial charge in [0, 0.05) is 11.8 Å². The van der Waals surface area contributed by atoms with Gasteiger partial charge in [-0.25, -0.2) is 0 Å². The minimum absolute atomic E-state index is 0.415. The van der Waals surface area contributed by atoms with Crippen molar-refractivity contribution in [2.24, 2.45) is 11.8 Å². The van der Waals surface area contributed by atoms with Gasteiger partial charge in [0.25, 0.3) is 0 Å². The first-order chi connectivity index (χ1) is 8.29. The fourth-order valence-electron chi connectivity index (χ4n) is 3.58. The van der Waals surface area contributed by atoms with Crippen LogP contribution in [-0.4, -0.2) is 25.4 Å². The third-order valence-electron chi connectivity index (χ3n) is 4.78. The van der Waals surface area contributed by atoms with E-state index in [0.717, 1.165) is 12.5 Å². The Bertz CT molecular complexity index is 245. The van der Waals surface area contributed by atoms with Gasteiger partial charge in [-0.3, -0.25) is 4.79 Å². The van der Waals surface area contributed by atoms with Crippen molar-refractivity contribution in [1.29, 1.82) is 0 Å². The first kappa shape index (κ1) is 13.1. The van der Waals surface area contributed by atoms with E-state index in [1.54, 1.807) is 4.90 Å². The standard InChI is InChI=1S/C15H27NO/c1-2-13-7-6-10-16(11-13)12-15(17)14-8-4-3-5-9-14/h13-14H,2-12H2,1H3/p+1. The molecular weight excluding hydrogens is 210 g/mol. The van der Waals surface area contributed by atoms with Crippen LogP contribution in [0.2, 0.25) is 0 Å². The maximum absolute atomic E-state index is 12.2. The summed E-state index contributed by atoms with van der Waals surface area (Å²) < 4.78 is 0. The molecule has 1 aliphatic heterocycles. The Morgan fingerprint density at radius 2 is 1.88 bits per heavy atom. The summed E-state index contributed by atoms with van der Waals surface area (Å²) in [5, 5.41) is 0. The van der Waals surface area contributed by atoms with E-state index in [4.69, 9.17) is 0 Å². The molecule has 0 spiro atoms. The van der Waals surface area contributed by atoms with Crippen molar-refractivity contribution in [3.05, 3.63) is 0 Å². The van der Waals surface area contributed by atoms with Crippen LogP contribution in [0, 0.1) is 11.8 Å². The van der Waals surface area contributed by atoms with Crippen LogP contribution in [0.15, 0.2) is 0 Å². The Hall–Kier alpha value is -0.370. The molecule has 2 rings (SSSR count). The number of quaternary nitrogens is 1. The zero-order chi connectivity index (χ0) is 12.1. The molecule has 2 aliphatic rings. The summed E-state index contributed by atoms with van der Waals surface area (Å²) in [6.45, 7) is 5.58. The second kappa shape index (κ2) is 6.53. The molecule has 2 atom stereocenters. The molecule has 0 aromatic heterocycles. The average Bonchev–Trinajstić information content (AvgIpc) is 2.40. The number of hydrogen-bond acceptors (Lipinski definition) is 1. The Kier molecular flexibility index (Phi) is 5.02. The molecule has 0 aromatic carbocycles. The van der Waals surface area contributed by atoms with Gasteiger partial charge in [-0.15, -0.1) is 0 Å². The largest absolute Gasteiger partial charge is 0.329 e. The minimum atomic E-state index is 0.415. The maximum atomic E-state index is 12.2. The molecule has 1 heterocycles. The zero-order valence-corrected chi connectivity index (χ0v) is 11.3. The van der Waals surface area contributed by atoms with Gasteiger partial charge < -0.3 is 4.90 Å². The zero-order valence-electron chi connectivity index (χ0n) is 11.3. The molecule has 1 saturated carbocycles. The molecule has 98 valence electrons. The van der Waals surface area contributed by atoms with E-state index in [0.29, 0.717) is 11.7 Å². The van der Waals surface area contributed by atoms with Gasteiger partial charge in [-0.05, 0) is 32.1 Å². The molecule has 1 saturated heterocycles. The maximum Gasteiger partial charge on any atom is 0.189 e. The number of carbonyl (C=O) groups is 1. The van der Waals surface area contributed by atoms with Gasteiger partial charge in [0.05, 0.1) is 13.1 Å². The first-order valence-corrected chi connectivity index (χ1v) is 7.66.